The Morgan fingerprint density at radius 1 is 0.920 bits per heavy atom. The molecule has 0 aliphatic carbocycles. The van der Waals surface area contributed by atoms with E-state index in [1.165, 1.54) is 28.0 Å². The number of benzene rings is 1. The first-order chi connectivity index (χ1) is 12.0. The predicted octanol–water partition coefficient (Wildman–Crippen LogP) is 4.08. The van der Waals surface area contributed by atoms with Crippen LogP contribution in [0.4, 0.5) is 15.9 Å². The number of aryl methyl sites for hydroxylation is 3. The fraction of sp³-hybridized carbons (Fsp3) is 0.368. The maximum Gasteiger partial charge on any atom is 0.141 e. The van der Waals surface area contributed by atoms with Crippen LogP contribution in [0.25, 0.3) is 10.2 Å². The van der Waals surface area contributed by atoms with Crippen molar-refractivity contribution in [1.29, 1.82) is 0 Å². The van der Waals surface area contributed by atoms with Crippen LogP contribution >= 0.6 is 11.3 Å². The lowest BCUT2D eigenvalue weighted by Crippen LogP contribution is -2.47. The molecule has 0 N–H and O–H groups in total. The summed E-state index contributed by atoms with van der Waals surface area (Å²) in [6.45, 7) is 9.87. The molecule has 0 spiro atoms. The van der Waals surface area contributed by atoms with Gasteiger partial charge in [-0.15, -0.1) is 11.3 Å². The van der Waals surface area contributed by atoms with Gasteiger partial charge in [-0.1, -0.05) is 0 Å². The van der Waals surface area contributed by atoms with Crippen molar-refractivity contribution < 1.29 is 4.39 Å². The Bertz CT molecular complexity index is 911. The van der Waals surface area contributed by atoms with Gasteiger partial charge in [-0.05, 0) is 50.6 Å². The first-order valence-corrected chi connectivity index (χ1v) is 9.34. The summed E-state index contributed by atoms with van der Waals surface area (Å²) >= 11 is 1.75. The fourth-order valence-electron chi connectivity index (χ4n) is 3.39. The number of hydrogen-bond acceptors (Lipinski definition) is 5. The zero-order valence-corrected chi connectivity index (χ0v) is 15.5. The van der Waals surface area contributed by atoms with Gasteiger partial charge in [0, 0.05) is 36.7 Å². The number of rotatable bonds is 2. The van der Waals surface area contributed by atoms with Gasteiger partial charge in [0.05, 0.1) is 5.39 Å². The van der Waals surface area contributed by atoms with Gasteiger partial charge < -0.3 is 9.80 Å². The second-order valence-corrected chi connectivity index (χ2v) is 7.71. The molecular formula is C19H21FN4S. The van der Waals surface area contributed by atoms with Crippen LogP contribution in [0, 0.1) is 26.6 Å². The Kier molecular flexibility index (Phi) is 4.07. The number of anilines is 2. The maximum absolute atomic E-state index is 13.1. The number of nitrogens with zero attached hydrogens (tertiary/aromatic N) is 4. The van der Waals surface area contributed by atoms with E-state index in [9.17, 15) is 4.39 Å². The van der Waals surface area contributed by atoms with Crippen molar-refractivity contribution in [2.75, 3.05) is 36.0 Å². The minimum atomic E-state index is -0.190. The lowest BCUT2D eigenvalue weighted by molar-refractivity contribution is 0.624. The molecule has 0 bridgehead atoms. The minimum Gasteiger partial charge on any atom is -0.368 e. The average Bonchev–Trinajstić information content (AvgIpc) is 2.89. The summed E-state index contributed by atoms with van der Waals surface area (Å²) in [4.78, 5) is 16.4. The van der Waals surface area contributed by atoms with E-state index in [1.54, 1.807) is 11.3 Å². The van der Waals surface area contributed by atoms with Crippen LogP contribution in [-0.4, -0.2) is 36.1 Å². The molecule has 25 heavy (non-hydrogen) atoms. The molecule has 6 heteroatoms. The quantitative estimate of drug-likeness (QED) is 0.692. The molecule has 0 saturated carbocycles. The largest absolute Gasteiger partial charge is 0.368 e. The summed E-state index contributed by atoms with van der Waals surface area (Å²) in [7, 11) is 0. The third-order valence-corrected chi connectivity index (χ3v) is 5.99. The second-order valence-electron chi connectivity index (χ2n) is 6.51. The Hall–Kier alpha value is -2.21. The molecule has 1 aliphatic rings. The summed E-state index contributed by atoms with van der Waals surface area (Å²) in [6.07, 6.45) is 0. The van der Waals surface area contributed by atoms with E-state index < -0.39 is 0 Å². The molecule has 2 aromatic heterocycles. The van der Waals surface area contributed by atoms with Crippen molar-refractivity contribution in [1.82, 2.24) is 9.97 Å². The van der Waals surface area contributed by atoms with Gasteiger partial charge in [-0.25, -0.2) is 14.4 Å². The molecule has 130 valence electrons. The number of halogens is 1. The highest BCUT2D eigenvalue weighted by Crippen LogP contribution is 2.35. The molecule has 3 heterocycles. The van der Waals surface area contributed by atoms with E-state index in [2.05, 4.69) is 28.6 Å². The molecule has 4 nitrogen and oxygen atoms in total. The van der Waals surface area contributed by atoms with Gasteiger partial charge in [-0.3, -0.25) is 0 Å². The number of piperazine rings is 1. The molecule has 0 amide bonds. The molecule has 1 aromatic carbocycles. The molecule has 1 aliphatic heterocycles. The van der Waals surface area contributed by atoms with Crippen LogP contribution < -0.4 is 9.80 Å². The lowest BCUT2D eigenvalue weighted by atomic mass is 10.2. The molecule has 3 aromatic rings. The van der Waals surface area contributed by atoms with Gasteiger partial charge in [0.1, 0.15) is 22.3 Å². The highest BCUT2D eigenvalue weighted by Gasteiger charge is 2.23. The number of hydrogen-bond donors (Lipinski definition) is 0. The first kappa shape index (κ1) is 16.3. The average molecular weight is 356 g/mol. The Balaban J connectivity index is 1.60. The van der Waals surface area contributed by atoms with Crippen LogP contribution in [-0.2, 0) is 0 Å². The van der Waals surface area contributed by atoms with Crippen LogP contribution in [0.2, 0.25) is 0 Å². The molecule has 1 saturated heterocycles. The summed E-state index contributed by atoms with van der Waals surface area (Å²) < 4.78 is 13.1. The summed E-state index contributed by atoms with van der Waals surface area (Å²) in [5, 5.41) is 1.20. The van der Waals surface area contributed by atoms with Crippen molar-refractivity contribution in [2.24, 2.45) is 0 Å². The van der Waals surface area contributed by atoms with E-state index in [-0.39, 0.29) is 5.82 Å². The molecule has 1 fully saturated rings. The lowest BCUT2D eigenvalue weighted by Gasteiger charge is -2.37. The van der Waals surface area contributed by atoms with Crippen LogP contribution in [0.15, 0.2) is 24.3 Å². The molecular weight excluding hydrogens is 335 g/mol. The van der Waals surface area contributed by atoms with Crippen LogP contribution in [0.5, 0.6) is 0 Å². The van der Waals surface area contributed by atoms with Crippen molar-refractivity contribution in [3.8, 4) is 0 Å². The molecule has 4 rings (SSSR count). The normalized spacial score (nSPS) is 15.2. The van der Waals surface area contributed by atoms with Crippen molar-refractivity contribution in [3.63, 3.8) is 0 Å². The standard InChI is InChI=1S/C19H21FN4S/c1-12-13(2)25-19-17(12)18(21-14(3)22-19)24-10-8-23(9-11-24)16-6-4-15(20)5-7-16/h4-7H,8-11H2,1-3H3. The number of fused-ring (bicyclic) bond motifs is 1. The Morgan fingerprint density at radius 3 is 2.24 bits per heavy atom. The van der Waals surface area contributed by atoms with Crippen molar-refractivity contribution >= 4 is 33.1 Å². The first-order valence-electron chi connectivity index (χ1n) is 8.53. The van der Waals surface area contributed by atoms with E-state index in [0.29, 0.717) is 0 Å². The zero-order valence-electron chi connectivity index (χ0n) is 14.7. The maximum atomic E-state index is 13.1. The van der Waals surface area contributed by atoms with Crippen LogP contribution in [0.1, 0.15) is 16.3 Å². The van der Waals surface area contributed by atoms with E-state index >= 15 is 0 Å². The molecule has 0 atom stereocenters. The predicted molar refractivity (Wildman–Crippen MR) is 102 cm³/mol. The molecule has 0 unspecified atom stereocenters. The Morgan fingerprint density at radius 2 is 1.56 bits per heavy atom. The SMILES string of the molecule is Cc1nc(N2CCN(c3ccc(F)cc3)CC2)c2c(C)c(C)sc2n1. The number of thiophene rings is 1. The van der Waals surface area contributed by atoms with Crippen molar-refractivity contribution in [2.45, 2.75) is 20.8 Å². The highest BCUT2D eigenvalue weighted by molar-refractivity contribution is 7.18. The van der Waals surface area contributed by atoms with E-state index in [4.69, 9.17) is 4.98 Å². The third-order valence-electron chi connectivity index (χ3n) is 4.89. The third kappa shape index (κ3) is 2.95. The Labute approximate surface area is 150 Å². The van der Waals surface area contributed by atoms with Crippen LogP contribution in [0.3, 0.4) is 0 Å². The highest BCUT2D eigenvalue weighted by atomic mass is 32.1. The van der Waals surface area contributed by atoms with E-state index in [0.717, 1.165) is 48.3 Å². The summed E-state index contributed by atoms with van der Waals surface area (Å²) in [6, 6.07) is 6.75. The minimum absolute atomic E-state index is 0.190. The summed E-state index contributed by atoms with van der Waals surface area (Å²) in [5.74, 6) is 1.69. The summed E-state index contributed by atoms with van der Waals surface area (Å²) in [5.41, 5.74) is 2.36. The van der Waals surface area contributed by atoms with Gasteiger partial charge in [0.2, 0.25) is 0 Å². The molecule has 0 radical (unpaired) electrons. The zero-order chi connectivity index (χ0) is 17.6. The fourth-order valence-corrected chi connectivity index (χ4v) is 4.46. The van der Waals surface area contributed by atoms with Gasteiger partial charge in [0.15, 0.2) is 0 Å². The van der Waals surface area contributed by atoms with Crippen molar-refractivity contribution in [3.05, 3.63) is 46.3 Å². The van der Waals surface area contributed by atoms with Gasteiger partial charge in [0.25, 0.3) is 0 Å². The number of aromatic nitrogens is 2. The smallest absolute Gasteiger partial charge is 0.141 e. The monoisotopic (exact) mass is 356 g/mol. The van der Waals surface area contributed by atoms with E-state index in [1.807, 2.05) is 19.1 Å². The van der Waals surface area contributed by atoms with Gasteiger partial charge >= 0.3 is 0 Å². The van der Waals surface area contributed by atoms with Gasteiger partial charge in [-0.2, -0.15) is 0 Å². The second kappa shape index (κ2) is 6.26. The topological polar surface area (TPSA) is 32.3 Å².